The van der Waals surface area contributed by atoms with Crippen LogP contribution < -0.4 is 10.6 Å². The number of benzene rings is 3. The number of carbonyl (C=O) groups excluding carboxylic acids is 2. The Kier molecular flexibility index (Phi) is 7.84. The second-order valence-electron chi connectivity index (χ2n) is 9.48. The van der Waals surface area contributed by atoms with E-state index in [0.29, 0.717) is 17.1 Å². The number of nitrogens with one attached hydrogen (secondary N) is 3. The molecule has 1 atom stereocenters. The molecule has 2 heterocycles. The fraction of sp³-hybridized carbons (Fsp3) is 0.161. The van der Waals surface area contributed by atoms with Gasteiger partial charge in [0.25, 0.3) is 5.91 Å². The van der Waals surface area contributed by atoms with Gasteiger partial charge in [-0.3, -0.25) is 19.4 Å². The zero-order valence-corrected chi connectivity index (χ0v) is 22.2. The minimum absolute atomic E-state index is 0.160. The van der Waals surface area contributed by atoms with E-state index in [1.807, 2.05) is 79.7 Å². The molecule has 0 aliphatic carbocycles. The first-order valence-electron chi connectivity index (χ1n) is 12.9. The molecule has 0 radical (unpaired) electrons. The van der Waals surface area contributed by atoms with Crippen molar-refractivity contribution in [3.05, 3.63) is 125 Å². The number of nitrogens with zero attached hydrogens (tertiary/aromatic N) is 3. The second kappa shape index (κ2) is 11.8. The average molecular weight is 535 g/mol. The molecule has 0 aliphatic rings. The van der Waals surface area contributed by atoms with E-state index in [1.165, 1.54) is 4.68 Å². The number of amides is 2. The van der Waals surface area contributed by atoms with Crippen LogP contribution in [0, 0.1) is 6.92 Å². The first-order valence-corrected chi connectivity index (χ1v) is 12.9. The van der Waals surface area contributed by atoms with Gasteiger partial charge in [-0.25, -0.2) is 0 Å². The van der Waals surface area contributed by atoms with E-state index in [9.17, 15) is 14.7 Å². The van der Waals surface area contributed by atoms with Crippen LogP contribution in [0.2, 0.25) is 0 Å². The molecular weight excluding hydrogens is 504 g/mol. The normalized spacial score (nSPS) is 11.8. The highest BCUT2D eigenvalue weighted by atomic mass is 16.3. The lowest BCUT2D eigenvalue weighted by molar-refractivity contribution is -0.118. The number of rotatable bonds is 9. The fourth-order valence-corrected chi connectivity index (χ4v) is 4.93. The largest absolute Gasteiger partial charge is 0.390 e. The van der Waals surface area contributed by atoms with Crippen LogP contribution in [-0.2, 0) is 18.4 Å². The van der Waals surface area contributed by atoms with Crippen LogP contribution in [-0.4, -0.2) is 42.9 Å². The van der Waals surface area contributed by atoms with Gasteiger partial charge in [0.2, 0.25) is 5.91 Å². The predicted octanol–water partition coefficient (Wildman–Crippen LogP) is 4.18. The molecule has 4 N–H and O–H groups in total. The van der Waals surface area contributed by atoms with E-state index < -0.39 is 17.9 Å². The highest BCUT2D eigenvalue weighted by molar-refractivity contribution is 6.01. The first-order chi connectivity index (χ1) is 19.5. The molecule has 1 unspecified atom stereocenters. The van der Waals surface area contributed by atoms with E-state index in [4.69, 9.17) is 0 Å². The third-order valence-electron chi connectivity index (χ3n) is 6.89. The molecule has 202 valence electrons. The maximum Gasteiger partial charge on any atom is 0.270 e. The smallest absolute Gasteiger partial charge is 0.270 e. The van der Waals surface area contributed by atoms with E-state index in [-0.39, 0.29) is 12.5 Å². The Morgan fingerprint density at radius 3 is 2.10 bits per heavy atom. The lowest BCUT2D eigenvalue weighted by atomic mass is 9.84. The quantitative estimate of drug-likeness (QED) is 0.226. The first kappa shape index (κ1) is 26.6. The maximum atomic E-state index is 14.0. The number of H-pyrrole nitrogens is 1. The van der Waals surface area contributed by atoms with Gasteiger partial charge in [0.1, 0.15) is 11.7 Å². The van der Waals surface area contributed by atoms with Gasteiger partial charge in [-0.15, -0.1) is 0 Å². The molecule has 0 saturated heterocycles. The molecule has 9 heteroatoms. The molecule has 0 fully saturated rings. The topological polar surface area (TPSA) is 125 Å². The lowest BCUT2D eigenvalue weighted by Gasteiger charge is -2.28. The van der Waals surface area contributed by atoms with Crippen molar-refractivity contribution in [2.24, 2.45) is 7.05 Å². The zero-order chi connectivity index (χ0) is 28.1. The van der Waals surface area contributed by atoms with Crippen molar-refractivity contribution in [1.82, 2.24) is 25.3 Å². The Morgan fingerprint density at radius 1 is 0.925 bits per heavy atom. The summed E-state index contributed by atoms with van der Waals surface area (Å²) in [6, 6.07) is 27.3. The highest BCUT2D eigenvalue weighted by Crippen LogP contribution is 2.30. The van der Waals surface area contributed by atoms with Crippen LogP contribution >= 0.6 is 0 Å². The number of hydrogen-bond donors (Lipinski definition) is 4. The summed E-state index contributed by atoms with van der Waals surface area (Å²) in [6.45, 7) is 1.70. The Morgan fingerprint density at radius 2 is 1.55 bits per heavy atom. The molecule has 5 aromatic rings. The molecule has 0 spiro atoms. The van der Waals surface area contributed by atoms with Gasteiger partial charge in [0.05, 0.1) is 18.0 Å². The van der Waals surface area contributed by atoms with Crippen molar-refractivity contribution in [3.63, 3.8) is 0 Å². The summed E-state index contributed by atoms with van der Waals surface area (Å²) in [6.07, 6.45) is 1.54. The van der Waals surface area contributed by atoms with Crippen LogP contribution in [0.15, 0.2) is 97.2 Å². The number of hydrogen-bond acceptors (Lipinski definition) is 5. The van der Waals surface area contributed by atoms with E-state index in [0.717, 1.165) is 27.9 Å². The molecule has 0 bridgehead atoms. The van der Waals surface area contributed by atoms with E-state index >= 15 is 0 Å². The van der Waals surface area contributed by atoms with Crippen molar-refractivity contribution in [3.8, 4) is 11.1 Å². The summed E-state index contributed by atoms with van der Waals surface area (Å²) in [5, 5.41) is 26.8. The number of aromatic amines is 1. The molecule has 2 aromatic heterocycles. The van der Waals surface area contributed by atoms with Crippen LogP contribution in [0.4, 0.5) is 5.69 Å². The molecule has 9 nitrogen and oxygen atoms in total. The van der Waals surface area contributed by atoms with Gasteiger partial charge in [0.15, 0.2) is 0 Å². The van der Waals surface area contributed by atoms with Gasteiger partial charge in [-0.2, -0.15) is 10.2 Å². The van der Waals surface area contributed by atoms with Crippen LogP contribution in [0.1, 0.15) is 38.9 Å². The Labute approximate surface area is 231 Å². The van der Waals surface area contributed by atoms with Crippen molar-refractivity contribution in [2.45, 2.75) is 25.5 Å². The fourth-order valence-electron chi connectivity index (χ4n) is 4.93. The summed E-state index contributed by atoms with van der Waals surface area (Å²) in [7, 11) is 1.68. The Hall–Kier alpha value is -5.02. The molecule has 40 heavy (non-hydrogen) atoms. The van der Waals surface area contributed by atoms with Crippen molar-refractivity contribution in [1.29, 1.82) is 0 Å². The van der Waals surface area contributed by atoms with E-state index in [1.54, 1.807) is 31.4 Å². The maximum absolute atomic E-state index is 14.0. The third-order valence-corrected chi connectivity index (χ3v) is 6.89. The minimum Gasteiger partial charge on any atom is -0.390 e. The van der Waals surface area contributed by atoms with Crippen LogP contribution in [0.25, 0.3) is 11.1 Å². The molecule has 0 aliphatic heterocycles. The summed E-state index contributed by atoms with van der Waals surface area (Å²) in [4.78, 5) is 27.3. The number of anilines is 1. The Bertz CT molecular complexity index is 1550. The molecular formula is C31H30N6O3. The molecule has 0 saturated carbocycles. The molecule has 5 rings (SSSR count). The minimum atomic E-state index is -0.941. The van der Waals surface area contributed by atoms with Gasteiger partial charge >= 0.3 is 0 Å². The van der Waals surface area contributed by atoms with Gasteiger partial charge in [-0.1, -0.05) is 72.8 Å². The number of carbonyl (C=O) groups is 2. The SMILES string of the molecule is Cc1n[nH]c(CO)c1-c1ccc(NC(=O)C(NC(=O)c2ccnn2C)C(c2ccccc2)c2ccccc2)cc1. The summed E-state index contributed by atoms with van der Waals surface area (Å²) < 4.78 is 1.47. The molecule has 3 aromatic carbocycles. The predicted molar refractivity (Wildman–Crippen MR) is 153 cm³/mol. The van der Waals surface area contributed by atoms with Crippen molar-refractivity contribution >= 4 is 17.5 Å². The number of aromatic nitrogens is 4. The third kappa shape index (κ3) is 5.55. The summed E-state index contributed by atoms with van der Waals surface area (Å²) in [5.41, 5.74) is 5.78. The number of aliphatic hydroxyl groups excluding tert-OH is 1. The van der Waals surface area contributed by atoms with Crippen molar-refractivity contribution in [2.75, 3.05) is 5.32 Å². The Balaban J connectivity index is 1.49. The molecule has 2 amide bonds. The zero-order valence-electron chi connectivity index (χ0n) is 22.2. The second-order valence-corrected chi connectivity index (χ2v) is 9.48. The standard InChI is InChI=1S/C31H30N6O3/c1-20-27(25(19-38)36-35-20)23-13-15-24(16-14-23)33-31(40)29(34-30(39)26-17-18-32-37(26)2)28(21-9-5-3-6-10-21)22-11-7-4-8-12-22/h3-18,28-29,38H,19H2,1-2H3,(H,33,40)(H,34,39)(H,35,36). The average Bonchev–Trinajstić information content (AvgIpc) is 3.59. The van der Waals surface area contributed by atoms with Crippen LogP contribution in [0.5, 0.6) is 0 Å². The number of aryl methyl sites for hydroxylation is 2. The highest BCUT2D eigenvalue weighted by Gasteiger charge is 2.33. The van der Waals surface area contributed by atoms with Crippen molar-refractivity contribution < 1.29 is 14.7 Å². The summed E-state index contributed by atoms with van der Waals surface area (Å²) in [5.74, 6) is -1.23. The van der Waals surface area contributed by atoms with Crippen LogP contribution in [0.3, 0.4) is 0 Å². The lowest BCUT2D eigenvalue weighted by Crippen LogP contribution is -2.48. The monoisotopic (exact) mass is 534 g/mol. The number of aliphatic hydroxyl groups is 1. The summed E-state index contributed by atoms with van der Waals surface area (Å²) >= 11 is 0. The van der Waals surface area contributed by atoms with Gasteiger partial charge in [0, 0.05) is 30.4 Å². The van der Waals surface area contributed by atoms with Gasteiger partial charge < -0.3 is 15.7 Å². The van der Waals surface area contributed by atoms with E-state index in [2.05, 4.69) is 25.9 Å². The van der Waals surface area contributed by atoms with Gasteiger partial charge in [-0.05, 0) is 41.8 Å².